The second kappa shape index (κ2) is 1.98. The van der Waals surface area contributed by atoms with E-state index in [2.05, 4.69) is 12.4 Å². The molecule has 0 aromatic carbocycles. The van der Waals surface area contributed by atoms with Crippen LogP contribution >= 0.6 is 0 Å². The zero-order chi connectivity index (χ0) is 6.27. The zero-order valence-corrected chi connectivity index (χ0v) is 6.06. The van der Waals surface area contributed by atoms with Crippen LogP contribution in [0.15, 0.2) is 0 Å². The first-order valence-electron chi connectivity index (χ1n) is 4.07. The van der Waals surface area contributed by atoms with E-state index in [9.17, 15) is 0 Å². The van der Waals surface area contributed by atoms with Gasteiger partial charge in [-0.3, -0.25) is 0 Å². The largest absolute Gasteiger partial charge is 0.317 e. The number of nitrogens with one attached hydrogen (secondary N) is 1. The first-order valence-corrected chi connectivity index (χ1v) is 4.07. The van der Waals surface area contributed by atoms with Crippen LogP contribution in [0.5, 0.6) is 0 Å². The van der Waals surface area contributed by atoms with Gasteiger partial charge in [0.2, 0.25) is 0 Å². The maximum Gasteiger partial charge on any atom is 0.00695 e. The second-order valence-corrected chi connectivity index (χ2v) is 3.55. The average Bonchev–Trinajstić information content (AvgIpc) is 2.10. The Hall–Kier alpha value is -0.0400. The highest BCUT2D eigenvalue weighted by Gasteiger charge is 2.39. The van der Waals surface area contributed by atoms with Crippen molar-refractivity contribution in [2.45, 2.75) is 31.7 Å². The van der Waals surface area contributed by atoms with Crippen molar-refractivity contribution < 1.29 is 0 Å². The van der Waals surface area contributed by atoms with Gasteiger partial charge >= 0.3 is 0 Å². The third-order valence-corrected chi connectivity index (χ3v) is 3.16. The van der Waals surface area contributed by atoms with Gasteiger partial charge in [0.1, 0.15) is 0 Å². The molecular formula is C8H15N. The van der Waals surface area contributed by atoms with E-state index in [4.69, 9.17) is 0 Å². The molecule has 2 aliphatic carbocycles. The molecule has 2 saturated carbocycles. The molecular weight excluding hydrogens is 110 g/mol. The van der Waals surface area contributed by atoms with Crippen molar-refractivity contribution in [3.8, 4) is 0 Å². The molecule has 9 heavy (non-hydrogen) atoms. The van der Waals surface area contributed by atoms with E-state index in [1.807, 2.05) is 0 Å². The molecule has 0 spiro atoms. The zero-order valence-electron chi connectivity index (χ0n) is 6.06. The summed E-state index contributed by atoms with van der Waals surface area (Å²) in [6.07, 6.45) is 5.95. The minimum absolute atomic E-state index is 0.863. The van der Waals surface area contributed by atoms with Crippen LogP contribution in [0.25, 0.3) is 0 Å². The molecule has 52 valence electrons. The fourth-order valence-electron chi connectivity index (χ4n) is 2.32. The van der Waals surface area contributed by atoms with Crippen LogP contribution in [0, 0.1) is 11.8 Å². The lowest BCUT2D eigenvalue weighted by molar-refractivity contribution is 0.219. The summed E-state index contributed by atoms with van der Waals surface area (Å²) in [5.41, 5.74) is 0. The Kier molecular flexibility index (Phi) is 1.26. The number of fused-ring (bicyclic) bond motifs is 1. The van der Waals surface area contributed by atoms with Crippen molar-refractivity contribution in [3.63, 3.8) is 0 Å². The van der Waals surface area contributed by atoms with Gasteiger partial charge in [0.15, 0.2) is 0 Å². The topological polar surface area (TPSA) is 12.0 Å². The maximum absolute atomic E-state index is 3.36. The highest BCUT2D eigenvalue weighted by molar-refractivity contribution is 4.93. The predicted octanol–water partition coefficient (Wildman–Crippen LogP) is 1.39. The molecule has 0 bridgehead atoms. The van der Waals surface area contributed by atoms with E-state index in [1.165, 1.54) is 25.7 Å². The van der Waals surface area contributed by atoms with Crippen LogP contribution in [0.3, 0.4) is 0 Å². The highest BCUT2D eigenvalue weighted by Crippen LogP contribution is 2.46. The molecule has 2 unspecified atom stereocenters. The molecule has 1 N–H and O–H groups in total. The summed E-state index contributed by atoms with van der Waals surface area (Å²) >= 11 is 0. The van der Waals surface area contributed by atoms with Gasteiger partial charge in [0.25, 0.3) is 0 Å². The summed E-state index contributed by atoms with van der Waals surface area (Å²) < 4.78 is 0. The predicted molar refractivity (Wildman–Crippen MR) is 38.3 cm³/mol. The lowest BCUT2D eigenvalue weighted by Gasteiger charge is -2.29. The Morgan fingerprint density at radius 3 is 2.00 bits per heavy atom. The molecule has 2 aliphatic rings. The van der Waals surface area contributed by atoms with E-state index in [-0.39, 0.29) is 0 Å². The van der Waals surface area contributed by atoms with Gasteiger partial charge in [-0.1, -0.05) is 0 Å². The fourth-order valence-corrected chi connectivity index (χ4v) is 2.32. The minimum atomic E-state index is 0.863. The Morgan fingerprint density at radius 2 is 1.67 bits per heavy atom. The molecule has 0 heterocycles. The van der Waals surface area contributed by atoms with Crippen molar-refractivity contribution in [2.75, 3.05) is 7.05 Å². The van der Waals surface area contributed by atoms with Crippen LogP contribution in [-0.2, 0) is 0 Å². The van der Waals surface area contributed by atoms with Gasteiger partial charge in [-0.05, 0) is 44.6 Å². The van der Waals surface area contributed by atoms with Crippen molar-refractivity contribution in [2.24, 2.45) is 11.8 Å². The van der Waals surface area contributed by atoms with E-state index >= 15 is 0 Å². The number of rotatable bonds is 1. The molecule has 0 saturated heterocycles. The van der Waals surface area contributed by atoms with E-state index in [1.54, 1.807) is 0 Å². The molecule has 1 nitrogen and oxygen atoms in total. The van der Waals surface area contributed by atoms with Crippen LogP contribution in [0.4, 0.5) is 0 Å². The quantitative estimate of drug-likeness (QED) is 0.558. The highest BCUT2D eigenvalue weighted by atomic mass is 14.9. The van der Waals surface area contributed by atoms with Gasteiger partial charge in [0.05, 0.1) is 0 Å². The maximum atomic E-state index is 3.36. The first kappa shape index (κ1) is 5.72. The van der Waals surface area contributed by atoms with Crippen molar-refractivity contribution >= 4 is 0 Å². The Morgan fingerprint density at radius 1 is 1.11 bits per heavy atom. The molecule has 2 atom stereocenters. The monoisotopic (exact) mass is 125 g/mol. The summed E-state index contributed by atoms with van der Waals surface area (Å²) in [6.45, 7) is 0. The van der Waals surface area contributed by atoms with Gasteiger partial charge < -0.3 is 5.32 Å². The average molecular weight is 125 g/mol. The lowest BCUT2D eigenvalue weighted by Crippen LogP contribution is -2.20. The van der Waals surface area contributed by atoms with Crippen LogP contribution < -0.4 is 5.32 Å². The molecule has 0 aromatic rings. The first-order chi connectivity index (χ1) is 4.40. The summed E-state index contributed by atoms with van der Waals surface area (Å²) in [6, 6.07) is 0.863. The van der Waals surface area contributed by atoms with Crippen LogP contribution in [0.1, 0.15) is 25.7 Å². The molecule has 0 amide bonds. The Balaban J connectivity index is 1.91. The van der Waals surface area contributed by atoms with Crippen LogP contribution in [-0.4, -0.2) is 13.1 Å². The van der Waals surface area contributed by atoms with Crippen LogP contribution in [0.2, 0.25) is 0 Å². The van der Waals surface area contributed by atoms with Crippen molar-refractivity contribution in [1.82, 2.24) is 5.32 Å². The molecule has 1 heteroatoms. The van der Waals surface area contributed by atoms with E-state index in [0.717, 1.165) is 17.9 Å². The molecule has 0 radical (unpaired) electrons. The van der Waals surface area contributed by atoms with Gasteiger partial charge in [-0.25, -0.2) is 0 Å². The van der Waals surface area contributed by atoms with Crippen molar-refractivity contribution in [1.29, 1.82) is 0 Å². The Bertz CT molecular complexity index is 99.1. The number of hydrogen-bond donors (Lipinski definition) is 1. The third kappa shape index (κ3) is 0.787. The summed E-state index contributed by atoms with van der Waals surface area (Å²) in [5, 5.41) is 3.36. The summed E-state index contributed by atoms with van der Waals surface area (Å²) in [4.78, 5) is 0. The van der Waals surface area contributed by atoms with E-state index < -0.39 is 0 Å². The molecule has 2 rings (SSSR count). The van der Waals surface area contributed by atoms with Gasteiger partial charge in [-0.2, -0.15) is 0 Å². The fraction of sp³-hybridized carbons (Fsp3) is 1.00. The Labute approximate surface area is 56.8 Å². The normalized spacial score (nSPS) is 48.3. The molecule has 0 aromatic heterocycles. The standard InChI is InChI=1S/C8H15N/c1-9-8-4-6-2-3-7(6)5-8/h6-9H,2-5H2,1H3. The molecule has 2 fully saturated rings. The third-order valence-electron chi connectivity index (χ3n) is 3.16. The summed E-state index contributed by atoms with van der Waals surface area (Å²) in [7, 11) is 2.09. The lowest BCUT2D eigenvalue weighted by atomic mass is 9.77. The van der Waals surface area contributed by atoms with Crippen molar-refractivity contribution in [3.05, 3.63) is 0 Å². The molecule has 0 aliphatic heterocycles. The number of hydrogen-bond acceptors (Lipinski definition) is 1. The second-order valence-electron chi connectivity index (χ2n) is 3.55. The smallest absolute Gasteiger partial charge is 0.00695 e. The van der Waals surface area contributed by atoms with Gasteiger partial charge in [-0.15, -0.1) is 0 Å². The van der Waals surface area contributed by atoms with Gasteiger partial charge in [0, 0.05) is 6.04 Å². The SMILES string of the molecule is CNC1CC2CCC2C1. The summed E-state index contributed by atoms with van der Waals surface area (Å²) in [5.74, 6) is 2.23. The van der Waals surface area contributed by atoms with E-state index in [0.29, 0.717) is 0 Å². The minimum Gasteiger partial charge on any atom is -0.317 e.